The molecular formula is C40H54N4O7. The van der Waals surface area contributed by atoms with E-state index in [1.54, 1.807) is 11.9 Å². The van der Waals surface area contributed by atoms with Crippen molar-refractivity contribution >= 4 is 29.8 Å². The summed E-state index contributed by atoms with van der Waals surface area (Å²) in [5.41, 5.74) is 4.39. The van der Waals surface area contributed by atoms with Crippen LogP contribution in [0.1, 0.15) is 95.1 Å². The number of fused-ring (bicyclic) bond motifs is 3. The van der Waals surface area contributed by atoms with Crippen LogP contribution < -0.4 is 5.32 Å². The highest BCUT2D eigenvalue weighted by molar-refractivity contribution is 5.95. The van der Waals surface area contributed by atoms with Gasteiger partial charge in [0.2, 0.25) is 17.7 Å². The molecular weight excluding hydrogens is 648 g/mol. The van der Waals surface area contributed by atoms with E-state index >= 15 is 0 Å². The Balaban J connectivity index is 1.34. The van der Waals surface area contributed by atoms with Crippen LogP contribution in [0.5, 0.6) is 0 Å². The van der Waals surface area contributed by atoms with Gasteiger partial charge in [0.25, 0.3) is 0 Å². The fourth-order valence-electron chi connectivity index (χ4n) is 8.18. The van der Waals surface area contributed by atoms with E-state index < -0.39 is 48.4 Å². The van der Waals surface area contributed by atoms with Crippen molar-refractivity contribution in [1.29, 1.82) is 0 Å². The van der Waals surface area contributed by atoms with Crippen LogP contribution in [0.15, 0.2) is 48.5 Å². The maximum atomic E-state index is 14.5. The molecule has 2 aromatic rings. The summed E-state index contributed by atoms with van der Waals surface area (Å²) in [6.45, 7) is 4.97. The molecule has 2 aromatic carbocycles. The molecule has 1 aliphatic heterocycles. The molecule has 1 saturated carbocycles. The summed E-state index contributed by atoms with van der Waals surface area (Å²) in [5.74, 6) is -3.03. The van der Waals surface area contributed by atoms with Crippen molar-refractivity contribution < 1.29 is 33.8 Å². The monoisotopic (exact) mass is 702 g/mol. The van der Waals surface area contributed by atoms with Crippen molar-refractivity contribution in [1.82, 2.24) is 20.0 Å². The summed E-state index contributed by atoms with van der Waals surface area (Å²) in [4.78, 5) is 72.3. The van der Waals surface area contributed by atoms with Crippen LogP contribution >= 0.6 is 0 Å². The van der Waals surface area contributed by atoms with E-state index in [0.717, 1.165) is 73.6 Å². The first-order valence-corrected chi connectivity index (χ1v) is 18.7. The topological polar surface area (TPSA) is 137 Å². The number of benzene rings is 2. The van der Waals surface area contributed by atoms with Gasteiger partial charge in [-0.05, 0) is 66.2 Å². The summed E-state index contributed by atoms with van der Waals surface area (Å²) in [6.07, 6.45) is 6.29. The van der Waals surface area contributed by atoms with Crippen LogP contribution in [0.3, 0.4) is 0 Å². The fourth-order valence-corrected chi connectivity index (χ4v) is 8.18. The van der Waals surface area contributed by atoms with E-state index in [9.17, 15) is 29.1 Å². The van der Waals surface area contributed by atoms with Crippen molar-refractivity contribution in [2.75, 3.05) is 33.8 Å². The molecule has 0 unspecified atom stereocenters. The smallest absolute Gasteiger partial charge is 0.407 e. The molecule has 2 fully saturated rings. The lowest BCUT2D eigenvalue weighted by Crippen LogP contribution is -2.61. The van der Waals surface area contributed by atoms with E-state index in [2.05, 4.69) is 17.4 Å². The first-order valence-electron chi connectivity index (χ1n) is 18.7. The minimum Gasteiger partial charge on any atom is -0.481 e. The Morgan fingerprint density at radius 1 is 0.843 bits per heavy atom. The number of rotatable bonds is 13. The van der Waals surface area contributed by atoms with Crippen LogP contribution in [0, 0.1) is 11.8 Å². The number of nitrogens with zero attached hydrogens (tertiary/aromatic N) is 3. The number of nitrogens with one attached hydrogen (secondary N) is 1. The van der Waals surface area contributed by atoms with Crippen LogP contribution in [-0.2, 0) is 23.9 Å². The van der Waals surface area contributed by atoms with Gasteiger partial charge in [0, 0.05) is 33.1 Å². The van der Waals surface area contributed by atoms with Crippen LogP contribution in [0.25, 0.3) is 11.1 Å². The summed E-state index contributed by atoms with van der Waals surface area (Å²) < 4.78 is 5.82. The van der Waals surface area contributed by atoms with Gasteiger partial charge in [-0.1, -0.05) is 88.1 Å². The molecule has 0 bridgehead atoms. The number of hydrogen-bond donors (Lipinski definition) is 2. The second-order valence-electron chi connectivity index (χ2n) is 14.6. The average Bonchev–Trinajstić information content (AvgIpc) is 3.48. The lowest BCUT2D eigenvalue weighted by atomic mass is 9.82. The summed E-state index contributed by atoms with van der Waals surface area (Å²) >= 11 is 0. The maximum Gasteiger partial charge on any atom is 0.407 e. The molecule has 2 aliphatic carbocycles. The molecule has 0 radical (unpaired) electrons. The van der Waals surface area contributed by atoms with Crippen LogP contribution in [-0.4, -0.2) is 102 Å². The Labute approximate surface area is 301 Å². The number of aliphatic carboxylic acids is 1. The van der Waals surface area contributed by atoms with Gasteiger partial charge < -0.3 is 29.9 Å². The Morgan fingerprint density at radius 3 is 1.98 bits per heavy atom. The van der Waals surface area contributed by atoms with Gasteiger partial charge in [0.15, 0.2) is 0 Å². The van der Waals surface area contributed by atoms with Crippen LogP contribution in [0.4, 0.5) is 4.79 Å². The number of hydrogen-bond acceptors (Lipinski definition) is 6. The molecule has 3 aliphatic rings. The lowest BCUT2D eigenvalue weighted by Gasteiger charge is -2.41. The fraction of sp³-hybridized carbons (Fsp3) is 0.575. The predicted octanol–water partition coefficient (Wildman–Crippen LogP) is 5.66. The molecule has 4 atom stereocenters. The first-order chi connectivity index (χ1) is 24.5. The van der Waals surface area contributed by atoms with E-state index in [0.29, 0.717) is 19.5 Å². The van der Waals surface area contributed by atoms with E-state index in [-0.39, 0.29) is 30.3 Å². The van der Waals surface area contributed by atoms with Gasteiger partial charge in [-0.3, -0.25) is 19.2 Å². The van der Waals surface area contributed by atoms with Gasteiger partial charge in [0.05, 0.1) is 6.42 Å². The highest BCUT2D eigenvalue weighted by atomic mass is 16.5. The molecule has 0 aromatic heterocycles. The zero-order valence-electron chi connectivity index (χ0n) is 30.5. The van der Waals surface area contributed by atoms with Gasteiger partial charge in [-0.15, -0.1) is 0 Å². The van der Waals surface area contributed by atoms with Crippen molar-refractivity contribution in [3.63, 3.8) is 0 Å². The second kappa shape index (κ2) is 17.2. The quantitative estimate of drug-likeness (QED) is 0.275. The third kappa shape index (κ3) is 8.56. The standard InChI is InChI=1S/C40H54N4O7/c1-5-26(2)35(41-40(50)51-25-32-30-20-12-10-18-28(30)29-19-11-13-21-31(29)32)38(48)43(4)36(27-16-8-6-9-17-27)39(49)42(3)33(24-34(45)46)37(47)44-22-14-7-15-23-44/h10-13,18-21,26-27,32-33,35-36H,5-9,14-17,22-25H2,1-4H3,(H,41,50)(H,45,46)/t26-,33-,35-,36+/m0/s1. The molecule has 1 saturated heterocycles. The van der Waals surface area contributed by atoms with Gasteiger partial charge in [0.1, 0.15) is 24.7 Å². The molecule has 11 nitrogen and oxygen atoms in total. The molecule has 1 heterocycles. The number of amides is 4. The highest BCUT2D eigenvalue weighted by Crippen LogP contribution is 2.44. The van der Waals surface area contributed by atoms with Crippen molar-refractivity contribution in [2.45, 2.75) is 102 Å². The summed E-state index contributed by atoms with van der Waals surface area (Å²) in [7, 11) is 3.06. The predicted molar refractivity (Wildman–Crippen MR) is 194 cm³/mol. The molecule has 5 rings (SSSR count). The van der Waals surface area contributed by atoms with Gasteiger partial charge >= 0.3 is 12.1 Å². The SMILES string of the molecule is CC[C@H](C)[C@H](NC(=O)OCC1c2ccccc2-c2ccccc21)C(=O)N(C)[C@@H](C(=O)N(C)[C@@H](CC(=O)O)C(=O)N1CCCCC1)C1CCCCC1. The van der Waals surface area contributed by atoms with Gasteiger partial charge in [-0.25, -0.2) is 4.79 Å². The number of likely N-dealkylation sites (tertiary alicyclic amines) is 1. The minimum atomic E-state index is -1.19. The zero-order valence-corrected chi connectivity index (χ0v) is 30.5. The molecule has 2 N–H and O–H groups in total. The van der Waals surface area contributed by atoms with E-state index in [1.165, 1.54) is 16.8 Å². The Kier molecular flexibility index (Phi) is 12.8. The number of carboxylic acid groups (broad SMARTS) is 1. The Bertz CT molecular complexity index is 1520. The largest absolute Gasteiger partial charge is 0.481 e. The van der Waals surface area contributed by atoms with Crippen molar-refractivity contribution in [3.8, 4) is 11.1 Å². The Hall–Kier alpha value is -4.41. The third-order valence-electron chi connectivity index (χ3n) is 11.3. The van der Waals surface area contributed by atoms with E-state index in [4.69, 9.17) is 4.74 Å². The number of alkyl carbamates (subject to hydrolysis) is 1. The summed E-state index contributed by atoms with van der Waals surface area (Å²) in [6, 6.07) is 13.1. The van der Waals surface area contributed by atoms with Gasteiger partial charge in [-0.2, -0.15) is 0 Å². The number of likely N-dealkylation sites (N-methyl/N-ethyl adjacent to an activating group) is 2. The molecule has 51 heavy (non-hydrogen) atoms. The first kappa shape index (κ1) is 37.8. The second-order valence-corrected chi connectivity index (χ2v) is 14.6. The van der Waals surface area contributed by atoms with E-state index in [1.807, 2.05) is 50.2 Å². The maximum absolute atomic E-state index is 14.5. The summed E-state index contributed by atoms with van der Waals surface area (Å²) in [5, 5.41) is 12.6. The number of carbonyl (C=O) groups is 5. The number of piperidine rings is 1. The molecule has 0 spiro atoms. The molecule has 11 heteroatoms. The third-order valence-corrected chi connectivity index (χ3v) is 11.3. The highest BCUT2D eigenvalue weighted by Gasteiger charge is 2.43. The zero-order chi connectivity index (χ0) is 36.7. The lowest BCUT2D eigenvalue weighted by molar-refractivity contribution is -0.156. The van der Waals surface area contributed by atoms with Crippen molar-refractivity contribution in [3.05, 3.63) is 59.7 Å². The van der Waals surface area contributed by atoms with Crippen LogP contribution in [0.2, 0.25) is 0 Å². The number of carboxylic acids is 1. The number of carbonyl (C=O) groups excluding carboxylic acids is 4. The average molecular weight is 703 g/mol. The van der Waals surface area contributed by atoms with Crippen molar-refractivity contribution in [2.24, 2.45) is 11.8 Å². The number of ether oxygens (including phenoxy) is 1. The molecule has 276 valence electrons. The normalized spacial score (nSPS) is 18.4. The Morgan fingerprint density at radius 2 is 1.41 bits per heavy atom. The minimum absolute atomic E-state index is 0.0983. The molecule has 4 amide bonds.